The van der Waals surface area contributed by atoms with Crippen LogP contribution >= 0.6 is 11.6 Å². The molecule has 0 spiro atoms. The summed E-state index contributed by atoms with van der Waals surface area (Å²) in [5, 5.41) is 20.1. The number of aliphatic carboxylic acids is 1. The molecule has 1 aromatic carbocycles. The van der Waals surface area contributed by atoms with Gasteiger partial charge in [-0.1, -0.05) is 11.6 Å². The van der Waals surface area contributed by atoms with Crippen LogP contribution in [0.2, 0.25) is 5.02 Å². The van der Waals surface area contributed by atoms with Crippen molar-refractivity contribution in [2.45, 2.75) is 31.3 Å². The maximum Gasteiger partial charge on any atom is 0.326 e. The molecule has 2 aromatic rings. The van der Waals surface area contributed by atoms with E-state index >= 15 is 0 Å². The maximum absolute atomic E-state index is 14.8. The number of hydrogen-bond donors (Lipinski definition) is 1. The minimum atomic E-state index is -1.03. The summed E-state index contributed by atoms with van der Waals surface area (Å²) in [5.74, 6) is -2.14. The van der Waals surface area contributed by atoms with E-state index < -0.39 is 23.7 Å². The van der Waals surface area contributed by atoms with Gasteiger partial charge in [0.15, 0.2) is 5.82 Å². The van der Waals surface area contributed by atoms with Gasteiger partial charge in [-0.15, -0.1) is 5.10 Å². The van der Waals surface area contributed by atoms with E-state index in [1.807, 2.05) is 0 Å². The Morgan fingerprint density at radius 2 is 2.15 bits per heavy atom. The smallest absolute Gasteiger partial charge is 0.326 e. The summed E-state index contributed by atoms with van der Waals surface area (Å²) in [6, 6.07) is 1.84. The molecule has 2 aliphatic heterocycles. The van der Waals surface area contributed by atoms with Crippen LogP contribution in [0.25, 0.3) is 11.3 Å². The number of fused-ring (bicyclic) bond motifs is 1. The van der Waals surface area contributed by atoms with Crippen molar-refractivity contribution in [1.29, 1.82) is 0 Å². The molecule has 1 saturated heterocycles. The molecular formula is C16H13ClFN5O3. The molecule has 8 nitrogen and oxygen atoms in total. The molecule has 26 heavy (non-hydrogen) atoms. The van der Waals surface area contributed by atoms with Crippen molar-refractivity contribution < 1.29 is 19.1 Å². The highest BCUT2D eigenvalue weighted by atomic mass is 35.5. The van der Waals surface area contributed by atoms with E-state index in [4.69, 9.17) is 11.6 Å². The van der Waals surface area contributed by atoms with Crippen molar-refractivity contribution in [3.63, 3.8) is 0 Å². The third-order valence-electron chi connectivity index (χ3n) is 4.79. The summed E-state index contributed by atoms with van der Waals surface area (Å²) >= 11 is 5.94. The molecule has 4 rings (SSSR count). The SMILES string of the molecule is O=C(O)C1CC[C@@H]2CC(c3c(-n4cnnn4)ccc(Cl)c3F)=CC(=O)N12. The normalized spacial score (nSPS) is 22.3. The zero-order valence-corrected chi connectivity index (χ0v) is 14.1. The molecule has 0 aliphatic carbocycles. The van der Waals surface area contributed by atoms with Crippen LogP contribution < -0.4 is 0 Å². The first kappa shape index (κ1) is 16.6. The van der Waals surface area contributed by atoms with Gasteiger partial charge in [0.05, 0.1) is 10.7 Å². The average molecular weight is 378 g/mol. The van der Waals surface area contributed by atoms with Crippen LogP contribution in [0.1, 0.15) is 24.8 Å². The maximum atomic E-state index is 14.8. The second kappa shape index (κ2) is 6.17. The van der Waals surface area contributed by atoms with Gasteiger partial charge < -0.3 is 10.0 Å². The third-order valence-corrected chi connectivity index (χ3v) is 5.08. The summed E-state index contributed by atoms with van der Waals surface area (Å²) in [4.78, 5) is 25.3. The van der Waals surface area contributed by atoms with Crippen molar-refractivity contribution in [2.75, 3.05) is 0 Å². The first-order valence-electron chi connectivity index (χ1n) is 7.94. The van der Waals surface area contributed by atoms with Gasteiger partial charge in [0.1, 0.15) is 12.4 Å². The van der Waals surface area contributed by atoms with Crippen LogP contribution in [0.4, 0.5) is 4.39 Å². The van der Waals surface area contributed by atoms with Gasteiger partial charge in [-0.05, 0) is 47.4 Å². The molecule has 3 heterocycles. The number of hydrogen-bond acceptors (Lipinski definition) is 5. The molecule has 134 valence electrons. The Morgan fingerprint density at radius 3 is 2.85 bits per heavy atom. The number of carboxylic acids is 1. The first-order valence-corrected chi connectivity index (χ1v) is 8.32. The fraction of sp³-hybridized carbons (Fsp3) is 0.312. The molecule has 1 fully saturated rings. The molecule has 1 aromatic heterocycles. The van der Waals surface area contributed by atoms with Gasteiger partial charge in [0.2, 0.25) is 5.91 Å². The van der Waals surface area contributed by atoms with Crippen molar-refractivity contribution in [3.05, 3.63) is 40.9 Å². The molecule has 0 saturated carbocycles. The van der Waals surface area contributed by atoms with E-state index in [-0.39, 0.29) is 16.6 Å². The van der Waals surface area contributed by atoms with E-state index in [9.17, 15) is 19.1 Å². The first-order chi connectivity index (χ1) is 12.5. The number of amides is 1. The molecule has 2 atom stereocenters. The van der Waals surface area contributed by atoms with Gasteiger partial charge in [-0.2, -0.15) is 4.68 Å². The number of carbonyl (C=O) groups excluding carboxylic acids is 1. The molecule has 1 N–H and O–H groups in total. The monoisotopic (exact) mass is 377 g/mol. The van der Waals surface area contributed by atoms with Crippen molar-refractivity contribution in [3.8, 4) is 5.69 Å². The second-order valence-electron chi connectivity index (χ2n) is 6.21. The van der Waals surface area contributed by atoms with Crippen LogP contribution in [0.15, 0.2) is 24.5 Å². The van der Waals surface area contributed by atoms with Crippen molar-refractivity contribution in [1.82, 2.24) is 25.1 Å². The van der Waals surface area contributed by atoms with E-state index in [1.165, 1.54) is 28.1 Å². The van der Waals surface area contributed by atoms with Crippen LogP contribution in [-0.2, 0) is 9.59 Å². The lowest BCUT2D eigenvalue weighted by atomic mass is 9.92. The summed E-state index contributed by atoms with van der Waals surface area (Å²) in [5.41, 5.74) is 0.960. The topological polar surface area (TPSA) is 101 Å². The quantitative estimate of drug-likeness (QED) is 0.873. The Kier molecular flexibility index (Phi) is 3.95. The number of halogens is 2. The number of benzene rings is 1. The molecule has 2 aliphatic rings. The summed E-state index contributed by atoms with van der Waals surface area (Å²) in [6.45, 7) is 0. The lowest BCUT2D eigenvalue weighted by Gasteiger charge is -2.32. The zero-order valence-electron chi connectivity index (χ0n) is 13.3. The van der Waals surface area contributed by atoms with Crippen molar-refractivity contribution in [2.24, 2.45) is 0 Å². The highest BCUT2D eigenvalue weighted by Gasteiger charge is 2.43. The standard InChI is InChI=1S/C16H13ClFN5O3/c17-10-2-4-11(22-7-19-20-21-22)14(15(10)18)8-5-9-1-3-12(16(25)26)23(9)13(24)6-8/h2,4,6-7,9,12H,1,3,5H2,(H,25,26)/t9-,12?/m1/s1. The van der Waals surface area contributed by atoms with Crippen LogP contribution in [0, 0.1) is 5.82 Å². The summed E-state index contributed by atoms with van der Waals surface area (Å²) in [7, 11) is 0. The van der Waals surface area contributed by atoms with Gasteiger partial charge >= 0.3 is 5.97 Å². The zero-order chi connectivity index (χ0) is 18.4. The van der Waals surface area contributed by atoms with Gasteiger partial charge in [0, 0.05) is 17.7 Å². The number of carbonyl (C=O) groups is 2. The number of rotatable bonds is 3. The Labute approximate surface area is 151 Å². The predicted molar refractivity (Wildman–Crippen MR) is 88.0 cm³/mol. The number of carboxylic acid groups (broad SMARTS) is 1. The van der Waals surface area contributed by atoms with E-state index in [2.05, 4.69) is 15.5 Å². The Bertz CT molecular complexity index is 930. The molecule has 0 radical (unpaired) electrons. The van der Waals surface area contributed by atoms with Crippen LogP contribution in [0.5, 0.6) is 0 Å². The predicted octanol–water partition coefficient (Wildman–Crippen LogP) is 1.69. The van der Waals surface area contributed by atoms with Crippen molar-refractivity contribution >= 4 is 29.1 Å². The fourth-order valence-electron chi connectivity index (χ4n) is 3.68. The van der Waals surface area contributed by atoms with Crippen LogP contribution in [-0.4, -0.2) is 54.2 Å². The highest BCUT2D eigenvalue weighted by molar-refractivity contribution is 6.31. The number of tetrazole rings is 1. The Balaban J connectivity index is 1.81. The molecule has 0 bridgehead atoms. The summed E-state index contributed by atoms with van der Waals surface area (Å²) in [6.07, 6.45) is 3.86. The largest absolute Gasteiger partial charge is 0.480 e. The number of nitrogens with zero attached hydrogens (tertiary/aromatic N) is 5. The van der Waals surface area contributed by atoms with Gasteiger partial charge in [-0.25, -0.2) is 9.18 Å². The van der Waals surface area contributed by atoms with Gasteiger partial charge in [-0.3, -0.25) is 4.79 Å². The molecule has 1 unspecified atom stereocenters. The lowest BCUT2D eigenvalue weighted by molar-refractivity contribution is -0.147. The van der Waals surface area contributed by atoms with Crippen LogP contribution in [0.3, 0.4) is 0 Å². The van der Waals surface area contributed by atoms with Gasteiger partial charge in [0.25, 0.3) is 0 Å². The number of aromatic nitrogens is 4. The van der Waals surface area contributed by atoms with E-state index in [0.29, 0.717) is 30.5 Å². The summed E-state index contributed by atoms with van der Waals surface area (Å²) < 4.78 is 16.1. The molecule has 10 heteroatoms. The second-order valence-corrected chi connectivity index (χ2v) is 6.62. The van der Waals surface area contributed by atoms with E-state index in [1.54, 1.807) is 6.07 Å². The minimum Gasteiger partial charge on any atom is -0.480 e. The lowest BCUT2D eigenvalue weighted by Crippen LogP contribution is -2.46. The Hall–Kier alpha value is -2.81. The highest BCUT2D eigenvalue weighted by Crippen LogP contribution is 2.39. The molecule has 1 amide bonds. The Morgan fingerprint density at radius 1 is 1.35 bits per heavy atom. The third kappa shape index (κ3) is 2.55. The average Bonchev–Trinajstić information content (AvgIpc) is 3.26. The van der Waals surface area contributed by atoms with E-state index in [0.717, 1.165) is 0 Å². The molecular weight excluding hydrogens is 365 g/mol. The fourth-order valence-corrected chi connectivity index (χ4v) is 3.84. The minimum absolute atomic E-state index is 0.0811.